The third-order valence-corrected chi connectivity index (χ3v) is 5.76. The van der Waals surface area contributed by atoms with Crippen LogP contribution in [0.25, 0.3) is 11.0 Å². The van der Waals surface area contributed by atoms with Crippen molar-refractivity contribution in [2.75, 3.05) is 5.32 Å². The maximum atomic E-state index is 12.8. The van der Waals surface area contributed by atoms with Gasteiger partial charge in [0, 0.05) is 30.1 Å². The van der Waals surface area contributed by atoms with Crippen molar-refractivity contribution >= 4 is 22.8 Å². The van der Waals surface area contributed by atoms with E-state index < -0.39 is 0 Å². The third kappa shape index (κ3) is 2.30. The molecule has 7 heteroatoms. The number of nitrogens with one attached hydrogen (secondary N) is 3. The second kappa shape index (κ2) is 5.86. The lowest BCUT2D eigenvalue weighted by atomic mass is 9.87. The summed E-state index contributed by atoms with van der Waals surface area (Å²) in [6.45, 7) is 0. The SMILES string of the molecule is O=C1CC(c2c[nH]c3ncccc23)c2c(n(C3CCCCC3)[nH]c2=O)N1. The van der Waals surface area contributed by atoms with Gasteiger partial charge in [-0.15, -0.1) is 0 Å². The van der Waals surface area contributed by atoms with Crippen LogP contribution < -0.4 is 10.9 Å². The van der Waals surface area contributed by atoms with E-state index in [4.69, 9.17) is 0 Å². The van der Waals surface area contributed by atoms with Gasteiger partial charge in [0.25, 0.3) is 5.56 Å². The standard InChI is InChI=1S/C19H21N5O2/c25-15-9-13(14-10-21-17-12(14)7-4-8-20-17)16-18(22-15)24(23-19(16)26)11-5-2-1-3-6-11/h4,7-8,10-11,13H,1-3,5-6,9H2,(H,20,21)(H,22,25)(H,23,26). The lowest BCUT2D eigenvalue weighted by Crippen LogP contribution is -2.27. The number of aromatic amines is 2. The maximum Gasteiger partial charge on any atom is 0.270 e. The van der Waals surface area contributed by atoms with Crippen LogP contribution in [0, 0.1) is 0 Å². The zero-order valence-corrected chi connectivity index (χ0v) is 14.4. The van der Waals surface area contributed by atoms with Crippen molar-refractivity contribution < 1.29 is 4.79 Å². The van der Waals surface area contributed by atoms with E-state index in [1.54, 1.807) is 6.20 Å². The number of fused-ring (bicyclic) bond motifs is 2. The Kier molecular flexibility index (Phi) is 3.48. The summed E-state index contributed by atoms with van der Waals surface area (Å²) in [5.74, 6) is 0.344. The van der Waals surface area contributed by atoms with E-state index in [0.29, 0.717) is 11.4 Å². The second-order valence-electron chi connectivity index (χ2n) is 7.31. The van der Waals surface area contributed by atoms with Crippen LogP contribution >= 0.6 is 0 Å². The molecule has 3 N–H and O–H groups in total. The molecule has 1 atom stereocenters. The molecular weight excluding hydrogens is 330 g/mol. The Morgan fingerprint density at radius 2 is 2.00 bits per heavy atom. The molecule has 1 amide bonds. The lowest BCUT2D eigenvalue weighted by Gasteiger charge is -2.27. The molecule has 1 fully saturated rings. The van der Waals surface area contributed by atoms with Gasteiger partial charge in [0.15, 0.2) is 0 Å². The minimum Gasteiger partial charge on any atom is -0.346 e. The average molecular weight is 351 g/mol. The molecule has 1 saturated carbocycles. The first kappa shape index (κ1) is 15.4. The number of hydrogen-bond acceptors (Lipinski definition) is 3. The topological polar surface area (TPSA) is 95.6 Å². The van der Waals surface area contributed by atoms with Crippen LogP contribution in [0.1, 0.15) is 61.6 Å². The van der Waals surface area contributed by atoms with E-state index in [1.807, 2.05) is 23.0 Å². The molecule has 5 rings (SSSR count). The summed E-state index contributed by atoms with van der Waals surface area (Å²) in [7, 11) is 0. The molecule has 3 aromatic rings. The number of aromatic nitrogens is 4. The fourth-order valence-electron chi connectivity index (χ4n) is 4.53. The molecule has 2 aliphatic rings. The Bertz CT molecular complexity index is 1040. The highest BCUT2D eigenvalue weighted by Gasteiger charge is 2.35. The highest BCUT2D eigenvalue weighted by Crippen LogP contribution is 2.40. The van der Waals surface area contributed by atoms with E-state index in [1.165, 1.54) is 6.42 Å². The van der Waals surface area contributed by atoms with E-state index in [-0.39, 0.29) is 29.8 Å². The van der Waals surface area contributed by atoms with Crippen LogP contribution in [0.2, 0.25) is 0 Å². The van der Waals surface area contributed by atoms with Crippen molar-refractivity contribution in [1.29, 1.82) is 0 Å². The molecule has 26 heavy (non-hydrogen) atoms. The van der Waals surface area contributed by atoms with Gasteiger partial charge >= 0.3 is 0 Å². The average Bonchev–Trinajstić information content (AvgIpc) is 3.23. The first-order valence-electron chi connectivity index (χ1n) is 9.28. The zero-order chi connectivity index (χ0) is 17.7. The second-order valence-corrected chi connectivity index (χ2v) is 7.31. The van der Waals surface area contributed by atoms with Crippen LogP contribution in [-0.4, -0.2) is 25.7 Å². The smallest absolute Gasteiger partial charge is 0.270 e. The van der Waals surface area contributed by atoms with E-state index >= 15 is 0 Å². The van der Waals surface area contributed by atoms with E-state index in [2.05, 4.69) is 20.4 Å². The number of carbonyl (C=O) groups excluding carboxylic acids is 1. The minimum atomic E-state index is -0.259. The quantitative estimate of drug-likeness (QED) is 0.662. The van der Waals surface area contributed by atoms with Crippen molar-refractivity contribution in [3.63, 3.8) is 0 Å². The number of amides is 1. The summed E-state index contributed by atoms with van der Waals surface area (Å²) in [5.41, 5.74) is 2.29. The summed E-state index contributed by atoms with van der Waals surface area (Å²) < 4.78 is 1.91. The van der Waals surface area contributed by atoms with Gasteiger partial charge in [0.05, 0.1) is 11.6 Å². The normalized spacial score (nSPS) is 20.9. The number of rotatable bonds is 2. The lowest BCUT2D eigenvalue weighted by molar-refractivity contribution is -0.116. The molecule has 0 radical (unpaired) electrons. The van der Waals surface area contributed by atoms with Gasteiger partial charge in [0.1, 0.15) is 11.5 Å². The Balaban J connectivity index is 1.66. The molecule has 0 spiro atoms. The molecule has 134 valence electrons. The number of pyridine rings is 1. The first-order valence-corrected chi connectivity index (χ1v) is 9.28. The molecule has 0 saturated heterocycles. The molecule has 0 bridgehead atoms. The van der Waals surface area contributed by atoms with E-state index in [0.717, 1.165) is 42.3 Å². The van der Waals surface area contributed by atoms with Gasteiger partial charge in [-0.05, 0) is 30.5 Å². The molecule has 1 unspecified atom stereocenters. The summed E-state index contributed by atoms with van der Waals surface area (Å²) in [4.78, 5) is 32.8. The maximum absolute atomic E-state index is 12.8. The Morgan fingerprint density at radius 1 is 1.15 bits per heavy atom. The minimum absolute atomic E-state index is 0.0516. The van der Waals surface area contributed by atoms with Gasteiger partial charge in [-0.2, -0.15) is 0 Å². The third-order valence-electron chi connectivity index (χ3n) is 5.76. The van der Waals surface area contributed by atoms with Crippen molar-refractivity contribution in [2.24, 2.45) is 0 Å². The molecule has 0 aromatic carbocycles. The predicted octanol–water partition coefficient (Wildman–Crippen LogP) is 3.03. The molecule has 1 aliphatic carbocycles. The molecule has 1 aliphatic heterocycles. The number of H-pyrrole nitrogens is 2. The summed E-state index contributed by atoms with van der Waals surface area (Å²) in [6, 6.07) is 4.11. The van der Waals surface area contributed by atoms with Gasteiger partial charge in [-0.3, -0.25) is 19.4 Å². The summed E-state index contributed by atoms with van der Waals surface area (Å²) in [5, 5.41) is 6.92. The number of nitrogens with zero attached hydrogens (tertiary/aromatic N) is 2. The summed E-state index contributed by atoms with van der Waals surface area (Å²) in [6.07, 6.45) is 9.50. The largest absolute Gasteiger partial charge is 0.346 e. The van der Waals surface area contributed by atoms with Gasteiger partial charge in [0.2, 0.25) is 5.91 Å². The highest BCUT2D eigenvalue weighted by atomic mass is 16.2. The molecule has 3 aromatic heterocycles. The number of carbonyl (C=O) groups is 1. The summed E-state index contributed by atoms with van der Waals surface area (Å²) >= 11 is 0. The van der Waals surface area contributed by atoms with E-state index in [9.17, 15) is 9.59 Å². The fraction of sp³-hybridized carbons (Fsp3) is 0.421. The van der Waals surface area contributed by atoms with Crippen LogP contribution in [0.5, 0.6) is 0 Å². The first-order chi connectivity index (χ1) is 12.7. The molecule has 7 nitrogen and oxygen atoms in total. The van der Waals surface area contributed by atoms with Crippen molar-refractivity contribution in [3.05, 3.63) is 46.0 Å². The zero-order valence-electron chi connectivity index (χ0n) is 14.4. The van der Waals surface area contributed by atoms with Gasteiger partial charge in [-0.1, -0.05) is 19.3 Å². The predicted molar refractivity (Wildman–Crippen MR) is 98.4 cm³/mol. The Morgan fingerprint density at radius 3 is 2.85 bits per heavy atom. The Labute approximate surface area is 149 Å². The Hall–Kier alpha value is -2.83. The monoisotopic (exact) mass is 351 g/mol. The highest BCUT2D eigenvalue weighted by molar-refractivity contribution is 5.95. The van der Waals surface area contributed by atoms with Crippen LogP contribution in [-0.2, 0) is 4.79 Å². The fourth-order valence-corrected chi connectivity index (χ4v) is 4.53. The number of anilines is 1. The van der Waals surface area contributed by atoms with Crippen LogP contribution in [0.4, 0.5) is 5.82 Å². The molecular formula is C19H21N5O2. The van der Waals surface area contributed by atoms with Crippen LogP contribution in [0.3, 0.4) is 0 Å². The van der Waals surface area contributed by atoms with Gasteiger partial charge in [-0.25, -0.2) is 4.98 Å². The van der Waals surface area contributed by atoms with Crippen molar-refractivity contribution in [3.8, 4) is 0 Å². The van der Waals surface area contributed by atoms with Crippen molar-refractivity contribution in [2.45, 2.75) is 50.5 Å². The van der Waals surface area contributed by atoms with Gasteiger partial charge < -0.3 is 10.3 Å². The number of hydrogen-bond donors (Lipinski definition) is 3. The van der Waals surface area contributed by atoms with Crippen molar-refractivity contribution in [1.82, 2.24) is 19.7 Å². The van der Waals surface area contributed by atoms with Crippen LogP contribution in [0.15, 0.2) is 29.3 Å². The molecule has 4 heterocycles.